The van der Waals surface area contributed by atoms with Crippen LogP contribution < -0.4 is 15.2 Å². The lowest BCUT2D eigenvalue weighted by atomic mass is 9.68. The van der Waals surface area contributed by atoms with Gasteiger partial charge in [0.1, 0.15) is 29.6 Å². The van der Waals surface area contributed by atoms with E-state index in [1.54, 1.807) is 12.1 Å². The average Bonchev–Trinajstić information content (AvgIpc) is 3.15. The van der Waals surface area contributed by atoms with Crippen LogP contribution >= 0.6 is 0 Å². The first-order valence-corrected chi connectivity index (χ1v) is 21.3. The molecule has 0 saturated carbocycles. The number of carbonyl (C=O) groups is 2. The molecular weight excluding hydrogens is 729 g/mol. The standard InChI is InChI=1S/C26H40N2O3.C23H32O4/c1-7-8-9-10-20-16-22(29)25(23(17-20)31-24(30)12-14-28(5)6)21-15-19(4)11-13-26(21,27)18(2)3;1-5-6-7-8-17-12-20(25)23(21(13-17)27-22(26)14-24)19-11-16(4)9-10-18(19)15(2)3/h15-17,21,29H,2,7-14,27H2,1,3-6H3;11-13,18-19,24-25H,2,5-10,14H2,1,3-4H3. The third kappa shape index (κ3) is 13.4. The zero-order chi connectivity index (χ0) is 43.2. The Bertz CT molecular complexity index is 1810. The molecule has 4 unspecified atom stereocenters. The van der Waals surface area contributed by atoms with Crippen molar-refractivity contribution < 1.29 is 34.4 Å². The van der Waals surface area contributed by atoms with Crippen LogP contribution in [0.4, 0.5) is 0 Å². The van der Waals surface area contributed by atoms with E-state index in [0.29, 0.717) is 29.2 Å². The smallest absolute Gasteiger partial charge is 0.337 e. The van der Waals surface area contributed by atoms with E-state index in [1.807, 2.05) is 45.0 Å². The summed E-state index contributed by atoms with van der Waals surface area (Å²) < 4.78 is 11.3. The largest absolute Gasteiger partial charge is 0.507 e. The third-order valence-electron chi connectivity index (χ3n) is 11.6. The van der Waals surface area contributed by atoms with E-state index in [4.69, 9.17) is 20.3 Å². The van der Waals surface area contributed by atoms with Crippen LogP contribution in [0, 0.1) is 5.92 Å². The molecule has 0 fully saturated rings. The predicted molar refractivity (Wildman–Crippen MR) is 236 cm³/mol. The van der Waals surface area contributed by atoms with E-state index in [0.717, 1.165) is 99.3 Å². The van der Waals surface area contributed by atoms with Crippen molar-refractivity contribution in [1.82, 2.24) is 4.90 Å². The molecule has 2 aromatic carbocycles. The molecule has 0 bridgehead atoms. The Hall–Kier alpha value is -4.18. The van der Waals surface area contributed by atoms with Crippen molar-refractivity contribution in [2.75, 3.05) is 27.2 Å². The summed E-state index contributed by atoms with van der Waals surface area (Å²) in [5, 5.41) is 31.1. The topological polar surface area (TPSA) is 143 Å². The number of aryl methyl sites for hydroxylation is 2. The Kier molecular flexibility index (Phi) is 19.0. The molecule has 58 heavy (non-hydrogen) atoms. The number of aromatic hydroxyl groups is 2. The van der Waals surface area contributed by atoms with Crippen LogP contribution in [0.5, 0.6) is 23.0 Å². The first-order valence-electron chi connectivity index (χ1n) is 21.3. The molecule has 0 radical (unpaired) electrons. The van der Waals surface area contributed by atoms with Crippen molar-refractivity contribution in [1.29, 1.82) is 0 Å². The summed E-state index contributed by atoms with van der Waals surface area (Å²) in [7, 11) is 3.84. The van der Waals surface area contributed by atoms with Crippen LogP contribution in [0.3, 0.4) is 0 Å². The van der Waals surface area contributed by atoms with Crippen molar-refractivity contribution in [2.24, 2.45) is 11.7 Å². The lowest BCUT2D eigenvalue weighted by Gasteiger charge is -2.41. The summed E-state index contributed by atoms with van der Waals surface area (Å²) in [5.74, 6) is -0.202. The number of phenolic OH excluding ortho intramolecular Hbond substituents is 2. The Balaban J connectivity index is 0.000000313. The molecule has 9 heteroatoms. The van der Waals surface area contributed by atoms with Crippen molar-refractivity contribution in [2.45, 2.75) is 142 Å². The van der Waals surface area contributed by atoms with Gasteiger partial charge in [-0.1, -0.05) is 87.1 Å². The number of hydrogen-bond acceptors (Lipinski definition) is 9. The minimum atomic E-state index is -0.718. The minimum Gasteiger partial charge on any atom is -0.507 e. The van der Waals surface area contributed by atoms with Gasteiger partial charge in [0, 0.05) is 35.0 Å². The van der Waals surface area contributed by atoms with Gasteiger partial charge in [0.25, 0.3) is 0 Å². The van der Waals surface area contributed by atoms with Gasteiger partial charge in [0.15, 0.2) is 0 Å². The molecule has 0 saturated heterocycles. The minimum absolute atomic E-state index is 0.0950. The number of aliphatic hydroxyl groups is 1. The van der Waals surface area contributed by atoms with Gasteiger partial charge in [-0.2, -0.15) is 0 Å². The van der Waals surface area contributed by atoms with Crippen LogP contribution in [0.25, 0.3) is 0 Å². The summed E-state index contributed by atoms with van der Waals surface area (Å²) in [6.07, 6.45) is 16.2. The highest BCUT2D eigenvalue weighted by atomic mass is 16.5. The number of nitrogens with two attached hydrogens (primary N) is 1. The molecule has 2 aliphatic carbocycles. The maximum atomic E-state index is 12.6. The molecule has 0 heterocycles. The Labute approximate surface area is 348 Å². The number of rotatable bonds is 18. The fraction of sp³-hybridized carbons (Fsp3) is 0.551. The molecule has 4 atom stereocenters. The zero-order valence-corrected chi connectivity index (χ0v) is 36.7. The predicted octanol–water partition coefficient (Wildman–Crippen LogP) is 10.1. The SMILES string of the molecule is C=C(C)C1(N)CCC(C)=CC1c1c(O)cc(CCCCC)cc1OC(=O)CCN(C)C.C=C(C)C1CCC(C)=CC1c1c(O)cc(CCCCC)cc1OC(=O)CO. The number of hydrogen-bond donors (Lipinski definition) is 4. The number of phenols is 2. The second-order valence-corrected chi connectivity index (χ2v) is 17.0. The fourth-order valence-corrected chi connectivity index (χ4v) is 8.04. The van der Waals surface area contributed by atoms with Gasteiger partial charge in [-0.05, 0) is 134 Å². The normalized spacial score (nSPS) is 20.4. The van der Waals surface area contributed by atoms with Gasteiger partial charge in [-0.15, -0.1) is 0 Å². The van der Waals surface area contributed by atoms with Gasteiger partial charge in [0.05, 0.1) is 6.42 Å². The maximum Gasteiger partial charge on any atom is 0.337 e. The maximum absolute atomic E-state index is 12.6. The number of unbranched alkanes of at least 4 members (excludes halogenated alkanes) is 4. The summed E-state index contributed by atoms with van der Waals surface area (Å²) in [6, 6.07) is 7.34. The van der Waals surface area contributed by atoms with E-state index in [9.17, 15) is 19.8 Å². The highest BCUT2D eigenvalue weighted by Crippen LogP contribution is 2.49. The molecular formula is C49H72N2O7. The lowest BCUT2D eigenvalue weighted by Crippen LogP contribution is -2.48. The Morgan fingerprint density at radius 1 is 0.828 bits per heavy atom. The second kappa shape index (κ2) is 22.8. The first-order chi connectivity index (χ1) is 27.4. The molecule has 320 valence electrons. The van der Waals surface area contributed by atoms with Gasteiger partial charge in [-0.25, -0.2) is 4.79 Å². The highest BCUT2D eigenvalue weighted by Gasteiger charge is 2.41. The van der Waals surface area contributed by atoms with Crippen LogP contribution in [0.2, 0.25) is 0 Å². The number of carbonyl (C=O) groups excluding carboxylic acids is 2. The van der Waals surface area contributed by atoms with E-state index in [-0.39, 0.29) is 41.6 Å². The molecule has 0 aliphatic heterocycles. The second-order valence-electron chi connectivity index (χ2n) is 17.0. The molecule has 9 nitrogen and oxygen atoms in total. The molecule has 4 rings (SSSR count). The molecule has 5 N–H and O–H groups in total. The Morgan fingerprint density at radius 2 is 1.36 bits per heavy atom. The summed E-state index contributed by atoms with van der Waals surface area (Å²) in [4.78, 5) is 26.3. The van der Waals surface area contributed by atoms with Crippen LogP contribution in [-0.4, -0.2) is 64.9 Å². The number of nitrogens with zero attached hydrogens (tertiary/aromatic N) is 1. The third-order valence-corrected chi connectivity index (χ3v) is 11.6. The number of benzene rings is 2. The van der Waals surface area contributed by atoms with E-state index in [2.05, 4.69) is 53.0 Å². The fourth-order valence-electron chi connectivity index (χ4n) is 8.04. The van der Waals surface area contributed by atoms with Gasteiger partial charge < -0.3 is 35.4 Å². The number of ether oxygens (including phenoxy) is 2. The van der Waals surface area contributed by atoms with Crippen LogP contribution in [-0.2, 0) is 22.4 Å². The van der Waals surface area contributed by atoms with E-state index >= 15 is 0 Å². The van der Waals surface area contributed by atoms with Crippen molar-refractivity contribution >= 4 is 11.9 Å². The highest BCUT2D eigenvalue weighted by molar-refractivity contribution is 5.75. The average molecular weight is 801 g/mol. The molecule has 0 spiro atoms. The van der Waals surface area contributed by atoms with Crippen molar-refractivity contribution in [3.05, 3.63) is 94.1 Å². The number of allylic oxidation sites excluding steroid dienone is 4. The molecule has 2 aromatic rings. The molecule has 0 aromatic heterocycles. The van der Waals surface area contributed by atoms with Gasteiger partial charge in [0.2, 0.25) is 0 Å². The van der Waals surface area contributed by atoms with Gasteiger partial charge in [-0.3, -0.25) is 4.79 Å². The van der Waals surface area contributed by atoms with Crippen molar-refractivity contribution in [3.8, 4) is 23.0 Å². The lowest BCUT2D eigenvalue weighted by molar-refractivity contribution is -0.137. The van der Waals surface area contributed by atoms with Crippen LogP contribution in [0.1, 0.15) is 146 Å². The molecule has 2 aliphatic rings. The van der Waals surface area contributed by atoms with Crippen LogP contribution in [0.15, 0.2) is 71.9 Å². The summed E-state index contributed by atoms with van der Waals surface area (Å²) >= 11 is 0. The zero-order valence-electron chi connectivity index (χ0n) is 36.7. The van der Waals surface area contributed by atoms with Crippen molar-refractivity contribution in [3.63, 3.8) is 0 Å². The monoisotopic (exact) mass is 801 g/mol. The first kappa shape index (κ1) is 48.2. The van der Waals surface area contributed by atoms with E-state index in [1.165, 1.54) is 11.1 Å². The number of esters is 2. The molecule has 0 amide bonds. The van der Waals surface area contributed by atoms with E-state index < -0.39 is 18.1 Å². The van der Waals surface area contributed by atoms with Gasteiger partial charge >= 0.3 is 11.9 Å². The quantitative estimate of drug-likeness (QED) is 0.0502. The Morgan fingerprint density at radius 3 is 1.88 bits per heavy atom. The summed E-state index contributed by atoms with van der Waals surface area (Å²) in [6.45, 7) is 20.6. The number of aliphatic hydroxyl groups excluding tert-OH is 1. The summed E-state index contributed by atoms with van der Waals surface area (Å²) in [5.41, 5.74) is 13.6.